The number of anilines is 1. The molecule has 0 fully saturated rings. The van der Waals surface area contributed by atoms with E-state index in [9.17, 15) is 9.70 Å². The Hall–Kier alpha value is -3.26. The molecule has 4 rings (SSSR count). The molecule has 0 atom stereocenters. The van der Waals surface area contributed by atoms with E-state index >= 15 is 0 Å². The first-order valence-electron chi connectivity index (χ1n) is 7.80. The standard InChI is InChI=1S/C18H14N4O3S/c1-10-13(6-8-26-10)15-17(21-24)22-7-5-11-3-4-12(19-18(23)25-2)9-14(11)16(22)20-15/h3-9H,1-2H3,(H,19,23). The van der Waals surface area contributed by atoms with Crippen LogP contribution in [-0.2, 0) is 4.74 Å². The molecule has 1 amide bonds. The first-order chi connectivity index (χ1) is 12.6. The van der Waals surface area contributed by atoms with Gasteiger partial charge in [-0.15, -0.1) is 16.2 Å². The zero-order valence-corrected chi connectivity index (χ0v) is 14.8. The van der Waals surface area contributed by atoms with Crippen molar-refractivity contribution < 1.29 is 9.53 Å². The first kappa shape index (κ1) is 16.2. The molecule has 0 saturated carbocycles. The fourth-order valence-electron chi connectivity index (χ4n) is 2.95. The van der Waals surface area contributed by atoms with Crippen LogP contribution >= 0.6 is 11.3 Å². The topological polar surface area (TPSA) is 85.1 Å². The number of aryl methyl sites for hydroxylation is 1. The van der Waals surface area contributed by atoms with Crippen molar-refractivity contribution in [3.05, 3.63) is 51.7 Å². The summed E-state index contributed by atoms with van der Waals surface area (Å²) in [6.07, 6.45) is 1.23. The molecule has 0 aliphatic heterocycles. The lowest BCUT2D eigenvalue weighted by atomic mass is 10.1. The summed E-state index contributed by atoms with van der Waals surface area (Å²) in [5.41, 5.74) is 2.63. The summed E-state index contributed by atoms with van der Waals surface area (Å²) in [7, 11) is 1.31. The number of ether oxygens (including phenoxy) is 1. The highest BCUT2D eigenvalue weighted by molar-refractivity contribution is 7.10. The number of rotatable bonds is 3. The van der Waals surface area contributed by atoms with Gasteiger partial charge in [-0.25, -0.2) is 9.78 Å². The van der Waals surface area contributed by atoms with Crippen molar-refractivity contribution in [3.63, 3.8) is 0 Å². The number of carbonyl (C=O) groups excluding carboxylic acids is 1. The summed E-state index contributed by atoms with van der Waals surface area (Å²) < 4.78 is 6.30. The summed E-state index contributed by atoms with van der Waals surface area (Å²) in [6, 6.07) is 9.27. The van der Waals surface area contributed by atoms with Crippen LogP contribution in [0.3, 0.4) is 0 Å². The van der Waals surface area contributed by atoms with Crippen molar-refractivity contribution in [1.29, 1.82) is 0 Å². The molecule has 0 aliphatic carbocycles. The molecular weight excluding hydrogens is 352 g/mol. The fourth-order valence-corrected chi connectivity index (χ4v) is 3.65. The van der Waals surface area contributed by atoms with Gasteiger partial charge >= 0.3 is 6.09 Å². The third kappa shape index (κ3) is 2.51. The molecule has 0 radical (unpaired) electrons. The number of carbonyl (C=O) groups is 1. The molecular formula is C18H14N4O3S. The summed E-state index contributed by atoms with van der Waals surface area (Å²) in [5, 5.41) is 9.54. The minimum atomic E-state index is -0.551. The Bertz CT molecular complexity index is 1160. The molecule has 4 aromatic rings. The minimum absolute atomic E-state index is 0.259. The van der Waals surface area contributed by atoms with Crippen molar-refractivity contribution in [3.8, 4) is 11.3 Å². The predicted octanol–water partition coefficient (Wildman–Crippen LogP) is 5.10. The average Bonchev–Trinajstić information content (AvgIpc) is 3.24. The lowest BCUT2D eigenvalue weighted by Gasteiger charge is -2.06. The second-order valence-corrected chi connectivity index (χ2v) is 6.81. The number of thiophene rings is 1. The normalized spacial score (nSPS) is 11.0. The molecule has 0 aliphatic rings. The number of fused-ring (bicyclic) bond motifs is 3. The molecule has 26 heavy (non-hydrogen) atoms. The smallest absolute Gasteiger partial charge is 0.411 e. The third-order valence-corrected chi connectivity index (χ3v) is 5.06. The van der Waals surface area contributed by atoms with Gasteiger partial charge in [-0.1, -0.05) is 6.07 Å². The summed E-state index contributed by atoms with van der Waals surface area (Å²) in [6.45, 7) is 1.98. The van der Waals surface area contributed by atoms with Crippen LogP contribution < -0.4 is 5.32 Å². The molecule has 8 heteroatoms. The Balaban J connectivity index is 1.98. The van der Waals surface area contributed by atoms with E-state index in [4.69, 9.17) is 0 Å². The Labute approximate surface area is 152 Å². The number of nitroso groups, excluding NO2 is 1. The molecule has 3 aromatic heterocycles. The number of nitrogens with zero attached hydrogens (tertiary/aromatic N) is 3. The first-order valence-corrected chi connectivity index (χ1v) is 8.68. The Kier molecular flexibility index (Phi) is 3.89. The van der Waals surface area contributed by atoms with E-state index in [0.29, 0.717) is 17.0 Å². The van der Waals surface area contributed by atoms with Gasteiger partial charge < -0.3 is 4.74 Å². The maximum absolute atomic E-state index is 11.5. The van der Waals surface area contributed by atoms with E-state index in [1.54, 1.807) is 34.1 Å². The average molecular weight is 366 g/mol. The van der Waals surface area contributed by atoms with E-state index in [2.05, 4.69) is 20.2 Å². The Morgan fingerprint density at radius 2 is 2.15 bits per heavy atom. The molecule has 0 bridgehead atoms. The lowest BCUT2D eigenvalue weighted by molar-refractivity contribution is 0.187. The second kappa shape index (κ2) is 6.23. The molecule has 3 heterocycles. The van der Waals surface area contributed by atoms with E-state index in [-0.39, 0.29) is 5.82 Å². The van der Waals surface area contributed by atoms with E-state index < -0.39 is 6.09 Å². The van der Waals surface area contributed by atoms with Crippen molar-refractivity contribution in [2.75, 3.05) is 12.4 Å². The Morgan fingerprint density at radius 3 is 2.85 bits per heavy atom. The van der Waals surface area contributed by atoms with E-state index in [0.717, 1.165) is 21.2 Å². The predicted molar refractivity (Wildman–Crippen MR) is 102 cm³/mol. The van der Waals surface area contributed by atoms with Crippen molar-refractivity contribution in [2.45, 2.75) is 6.92 Å². The number of pyridine rings is 1. The van der Waals surface area contributed by atoms with Crippen molar-refractivity contribution in [1.82, 2.24) is 9.38 Å². The largest absolute Gasteiger partial charge is 0.453 e. The molecule has 130 valence electrons. The summed E-state index contributed by atoms with van der Waals surface area (Å²) >= 11 is 1.59. The van der Waals surface area contributed by atoms with Gasteiger partial charge in [0.05, 0.1) is 7.11 Å². The van der Waals surface area contributed by atoms with E-state index in [1.807, 2.05) is 30.5 Å². The summed E-state index contributed by atoms with van der Waals surface area (Å²) in [4.78, 5) is 28.7. The quantitative estimate of drug-likeness (QED) is 0.511. The van der Waals surface area contributed by atoms with Crippen molar-refractivity contribution >= 4 is 45.4 Å². The highest BCUT2D eigenvalue weighted by atomic mass is 32.1. The van der Waals surface area contributed by atoms with Crippen LogP contribution in [0.15, 0.2) is 47.1 Å². The van der Waals surface area contributed by atoms with Gasteiger partial charge in [0.2, 0.25) is 5.82 Å². The lowest BCUT2D eigenvalue weighted by Crippen LogP contribution is -2.10. The van der Waals surface area contributed by atoms with Crippen LogP contribution in [0.4, 0.5) is 16.3 Å². The number of amides is 1. The van der Waals surface area contributed by atoms with Crippen LogP contribution in [0.5, 0.6) is 0 Å². The molecule has 0 saturated heterocycles. The van der Waals surface area contributed by atoms with Crippen LogP contribution in [0, 0.1) is 11.8 Å². The number of hydrogen-bond acceptors (Lipinski definition) is 6. The fraction of sp³-hybridized carbons (Fsp3) is 0.111. The van der Waals surface area contributed by atoms with Crippen LogP contribution in [0.2, 0.25) is 0 Å². The number of aromatic nitrogens is 2. The highest BCUT2D eigenvalue weighted by Gasteiger charge is 2.19. The molecule has 7 nitrogen and oxygen atoms in total. The zero-order chi connectivity index (χ0) is 18.3. The maximum Gasteiger partial charge on any atom is 0.411 e. The van der Waals surface area contributed by atoms with Gasteiger partial charge in [-0.2, -0.15) is 0 Å². The third-order valence-electron chi connectivity index (χ3n) is 4.22. The number of benzene rings is 1. The van der Waals surface area contributed by atoms with Gasteiger partial charge in [-0.3, -0.25) is 9.72 Å². The van der Waals surface area contributed by atoms with Gasteiger partial charge in [0.15, 0.2) is 0 Å². The number of imidazole rings is 1. The second-order valence-electron chi connectivity index (χ2n) is 5.69. The maximum atomic E-state index is 11.5. The molecule has 0 unspecified atom stereocenters. The van der Waals surface area contributed by atoms with Gasteiger partial charge in [-0.05, 0) is 47.1 Å². The van der Waals surface area contributed by atoms with Crippen molar-refractivity contribution in [2.24, 2.45) is 5.18 Å². The number of hydrogen-bond donors (Lipinski definition) is 1. The van der Waals surface area contributed by atoms with Gasteiger partial charge in [0.25, 0.3) is 0 Å². The highest BCUT2D eigenvalue weighted by Crippen LogP contribution is 2.37. The molecule has 1 N–H and O–H groups in total. The monoisotopic (exact) mass is 366 g/mol. The van der Waals surface area contributed by atoms with Crippen LogP contribution in [0.1, 0.15) is 4.88 Å². The van der Waals surface area contributed by atoms with Gasteiger partial charge in [0.1, 0.15) is 11.3 Å². The SMILES string of the molecule is COC(=O)Nc1ccc2ccn3c(N=O)c(-c4ccsc4C)nc3c2c1. The zero-order valence-electron chi connectivity index (χ0n) is 14.0. The Morgan fingerprint density at radius 1 is 1.31 bits per heavy atom. The van der Waals surface area contributed by atoms with Crippen LogP contribution in [0.25, 0.3) is 27.7 Å². The number of methoxy groups -OCH3 is 1. The number of nitrogens with one attached hydrogen (secondary N) is 1. The van der Waals surface area contributed by atoms with E-state index in [1.165, 1.54) is 7.11 Å². The van der Waals surface area contributed by atoms with Gasteiger partial charge in [0, 0.05) is 27.7 Å². The molecule has 1 aromatic carbocycles. The summed E-state index contributed by atoms with van der Waals surface area (Å²) in [5.74, 6) is 0.259. The minimum Gasteiger partial charge on any atom is -0.453 e. The van der Waals surface area contributed by atoms with Crippen LogP contribution in [-0.4, -0.2) is 22.6 Å². The molecule has 0 spiro atoms.